The second-order valence-corrected chi connectivity index (χ2v) is 7.59. The molecule has 2 atom stereocenters. The molecule has 0 unspecified atom stereocenters. The Morgan fingerprint density at radius 1 is 1.06 bits per heavy atom. The lowest BCUT2D eigenvalue weighted by molar-refractivity contribution is -0.112. The molecule has 0 aromatic heterocycles. The fourth-order valence-corrected chi connectivity index (χ4v) is 3.28. The number of amides is 2. The standard InChI is InChI=1S/C27H26N4O5/c1-2-35-24(15-16-25(33)31-23-6-4-3-5-22(23)29)26(19-9-13-21(32)14-10-19)36-27(34)30-20-11-7-18(17-28)8-12-20/h3-16,24,26,32H,2,29H2,1H3,(H,30,34)(H,31,33)/b16-15+/t24-,26-/m1/s1. The number of para-hydroxylation sites is 2. The van der Waals surface area contributed by atoms with Crippen LogP contribution in [-0.2, 0) is 14.3 Å². The molecule has 0 spiro atoms. The van der Waals surface area contributed by atoms with Gasteiger partial charge in [-0.3, -0.25) is 10.1 Å². The molecule has 0 radical (unpaired) electrons. The van der Waals surface area contributed by atoms with Crippen LogP contribution in [0.4, 0.5) is 21.9 Å². The van der Waals surface area contributed by atoms with Gasteiger partial charge in [-0.05, 0) is 67.1 Å². The summed E-state index contributed by atoms with van der Waals surface area (Å²) in [6.07, 6.45) is 0.226. The average Bonchev–Trinajstić information content (AvgIpc) is 2.88. The number of anilines is 3. The Labute approximate surface area is 208 Å². The van der Waals surface area contributed by atoms with E-state index in [0.29, 0.717) is 28.2 Å². The largest absolute Gasteiger partial charge is 0.508 e. The third-order valence-electron chi connectivity index (χ3n) is 5.03. The van der Waals surface area contributed by atoms with E-state index >= 15 is 0 Å². The zero-order valence-corrected chi connectivity index (χ0v) is 19.5. The zero-order valence-electron chi connectivity index (χ0n) is 19.5. The summed E-state index contributed by atoms with van der Waals surface area (Å²) in [5.74, 6) is -0.396. The minimum Gasteiger partial charge on any atom is -0.508 e. The highest BCUT2D eigenvalue weighted by Gasteiger charge is 2.26. The molecule has 0 aliphatic rings. The highest BCUT2D eigenvalue weighted by molar-refractivity contribution is 6.01. The van der Waals surface area contributed by atoms with Crippen LogP contribution in [0.1, 0.15) is 24.2 Å². The molecule has 0 fully saturated rings. The van der Waals surface area contributed by atoms with Crippen molar-refractivity contribution in [2.45, 2.75) is 19.1 Å². The molecular formula is C27H26N4O5. The highest BCUT2D eigenvalue weighted by Crippen LogP contribution is 2.27. The summed E-state index contributed by atoms with van der Waals surface area (Å²) in [6.45, 7) is 2.05. The van der Waals surface area contributed by atoms with Gasteiger partial charge >= 0.3 is 6.09 Å². The third kappa shape index (κ3) is 7.35. The second kappa shape index (κ2) is 12.6. The highest BCUT2D eigenvalue weighted by atomic mass is 16.6. The summed E-state index contributed by atoms with van der Waals surface area (Å²) in [4.78, 5) is 25.2. The van der Waals surface area contributed by atoms with Gasteiger partial charge in [-0.2, -0.15) is 5.26 Å². The Balaban J connectivity index is 1.80. The Kier molecular flexibility index (Phi) is 9.03. The monoisotopic (exact) mass is 486 g/mol. The molecule has 36 heavy (non-hydrogen) atoms. The lowest BCUT2D eigenvalue weighted by atomic mass is 10.0. The van der Waals surface area contributed by atoms with E-state index in [9.17, 15) is 14.7 Å². The SMILES string of the molecule is CCO[C@H](/C=C/C(=O)Nc1ccccc1N)[C@H](OC(=O)Nc1ccc(C#N)cc1)c1ccc(O)cc1. The summed E-state index contributed by atoms with van der Waals surface area (Å²) in [5, 5.41) is 23.9. The van der Waals surface area contributed by atoms with Crippen molar-refractivity contribution in [3.63, 3.8) is 0 Å². The number of nitriles is 1. The predicted octanol–water partition coefficient (Wildman–Crippen LogP) is 4.74. The number of nitrogens with one attached hydrogen (secondary N) is 2. The first-order valence-electron chi connectivity index (χ1n) is 11.1. The quantitative estimate of drug-likeness (QED) is 0.252. The van der Waals surface area contributed by atoms with Gasteiger partial charge < -0.3 is 25.6 Å². The number of phenolic OH excluding ortho intramolecular Hbond substituents is 1. The third-order valence-corrected chi connectivity index (χ3v) is 5.03. The van der Waals surface area contributed by atoms with Crippen molar-refractivity contribution in [1.82, 2.24) is 0 Å². The Bertz CT molecular complexity index is 1250. The number of nitrogen functional groups attached to an aromatic ring is 1. The van der Waals surface area contributed by atoms with E-state index in [1.165, 1.54) is 24.3 Å². The summed E-state index contributed by atoms with van der Waals surface area (Å²) in [5.41, 5.74) is 8.20. The molecule has 5 N–H and O–H groups in total. The molecule has 3 rings (SSSR count). The summed E-state index contributed by atoms with van der Waals surface area (Å²) in [7, 11) is 0. The molecule has 0 heterocycles. The van der Waals surface area contributed by atoms with Gasteiger partial charge in [0.2, 0.25) is 5.91 Å². The van der Waals surface area contributed by atoms with E-state index in [0.717, 1.165) is 0 Å². The molecule has 0 aliphatic heterocycles. The van der Waals surface area contributed by atoms with Gasteiger partial charge in [0.25, 0.3) is 0 Å². The summed E-state index contributed by atoms with van der Waals surface area (Å²) >= 11 is 0. The van der Waals surface area contributed by atoms with E-state index in [1.54, 1.807) is 67.6 Å². The maximum absolute atomic E-state index is 12.7. The van der Waals surface area contributed by atoms with E-state index in [4.69, 9.17) is 20.5 Å². The number of hydrogen-bond donors (Lipinski definition) is 4. The number of ether oxygens (including phenoxy) is 2. The van der Waals surface area contributed by atoms with Gasteiger partial charge in [0.15, 0.2) is 6.10 Å². The number of carbonyl (C=O) groups excluding carboxylic acids is 2. The molecule has 0 aliphatic carbocycles. The number of phenols is 1. The van der Waals surface area contributed by atoms with Crippen molar-refractivity contribution in [1.29, 1.82) is 5.26 Å². The molecule has 0 saturated carbocycles. The normalized spacial score (nSPS) is 12.3. The molecule has 9 nitrogen and oxygen atoms in total. The molecule has 0 bridgehead atoms. The van der Waals surface area contributed by atoms with Gasteiger partial charge in [-0.1, -0.05) is 24.3 Å². The first-order chi connectivity index (χ1) is 17.4. The van der Waals surface area contributed by atoms with Crippen LogP contribution in [0.25, 0.3) is 0 Å². The van der Waals surface area contributed by atoms with E-state index in [1.807, 2.05) is 6.07 Å². The first-order valence-corrected chi connectivity index (χ1v) is 11.1. The topological polar surface area (TPSA) is 147 Å². The Hall–Kier alpha value is -4.81. The minimum absolute atomic E-state index is 0.0443. The number of carbonyl (C=O) groups is 2. The van der Waals surface area contributed by atoms with Gasteiger partial charge in [0.05, 0.1) is 23.0 Å². The van der Waals surface area contributed by atoms with Crippen LogP contribution in [0.3, 0.4) is 0 Å². The molecule has 9 heteroatoms. The van der Waals surface area contributed by atoms with Gasteiger partial charge in [-0.25, -0.2) is 4.79 Å². The summed E-state index contributed by atoms with van der Waals surface area (Å²) < 4.78 is 11.5. The van der Waals surface area contributed by atoms with Gasteiger partial charge in [0, 0.05) is 18.4 Å². The fraction of sp³-hybridized carbons (Fsp3) is 0.148. The van der Waals surface area contributed by atoms with E-state index < -0.39 is 24.2 Å². The minimum atomic E-state index is -0.949. The molecule has 2 amide bonds. The van der Waals surface area contributed by atoms with Crippen LogP contribution in [-0.4, -0.2) is 29.8 Å². The van der Waals surface area contributed by atoms with Crippen molar-refractivity contribution in [3.05, 3.63) is 96.1 Å². The van der Waals surface area contributed by atoms with Crippen molar-refractivity contribution in [2.24, 2.45) is 0 Å². The number of hydrogen-bond acceptors (Lipinski definition) is 7. The Morgan fingerprint density at radius 3 is 2.39 bits per heavy atom. The molecule has 3 aromatic rings. The zero-order chi connectivity index (χ0) is 25.9. The van der Waals surface area contributed by atoms with Crippen LogP contribution >= 0.6 is 0 Å². The fourth-order valence-electron chi connectivity index (χ4n) is 3.28. The van der Waals surface area contributed by atoms with E-state index in [2.05, 4.69) is 10.6 Å². The predicted molar refractivity (Wildman–Crippen MR) is 136 cm³/mol. The van der Waals surface area contributed by atoms with Crippen molar-refractivity contribution in [2.75, 3.05) is 23.0 Å². The van der Waals surface area contributed by atoms with Crippen LogP contribution in [0.5, 0.6) is 5.75 Å². The van der Waals surface area contributed by atoms with Crippen LogP contribution in [0.15, 0.2) is 84.9 Å². The molecule has 184 valence electrons. The Morgan fingerprint density at radius 2 is 1.75 bits per heavy atom. The molecular weight excluding hydrogens is 460 g/mol. The van der Waals surface area contributed by atoms with Crippen molar-refractivity contribution >= 4 is 29.1 Å². The maximum Gasteiger partial charge on any atom is 0.412 e. The van der Waals surface area contributed by atoms with Crippen LogP contribution < -0.4 is 16.4 Å². The number of rotatable bonds is 9. The first kappa shape index (κ1) is 25.8. The van der Waals surface area contributed by atoms with Crippen molar-refractivity contribution in [3.8, 4) is 11.8 Å². The average molecular weight is 487 g/mol. The molecule has 0 saturated heterocycles. The van der Waals surface area contributed by atoms with Gasteiger partial charge in [0.1, 0.15) is 11.9 Å². The van der Waals surface area contributed by atoms with Gasteiger partial charge in [-0.15, -0.1) is 0 Å². The van der Waals surface area contributed by atoms with E-state index in [-0.39, 0.29) is 12.4 Å². The van der Waals surface area contributed by atoms with Crippen LogP contribution in [0, 0.1) is 11.3 Å². The lowest BCUT2D eigenvalue weighted by Crippen LogP contribution is -2.28. The van der Waals surface area contributed by atoms with Crippen LogP contribution in [0.2, 0.25) is 0 Å². The maximum atomic E-state index is 12.7. The number of nitrogens with two attached hydrogens (primary N) is 1. The number of benzene rings is 3. The molecule has 3 aromatic carbocycles. The summed E-state index contributed by atoms with van der Waals surface area (Å²) in [6, 6.07) is 21.3. The second-order valence-electron chi connectivity index (χ2n) is 7.59. The lowest BCUT2D eigenvalue weighted by Gasteiger charge is -2.25. The number of nitrogens with zero attached hydrogens (tertiary/aromatic N) is 1. The van der Waals surface area contributed by atoms with Crippen molar-refractivity contribution < 1.29 is 24.2 Å². The number of aromatic hydroxyl groups is 1. The smallest absolute Gasteiger partial charge is 0.412 e.